The second-order valence-electron chi connectivity index (χ2n) is 11.1. The van der Waals surface area contributed by atoms with Crippen LogP contribution >= 0.6 is 0 Å². The molecule has 1 atom stereocenters. The molecule has 3 aliphatic rings. The van der Waals surface area contributed by atoms with E-state index in [4.69, 9.17) is 19.4 Å². The molecule has 4 heterocycles. The third kappa shape index (κ3) is 5.16. The van der Waals surface area contributed by atoms with Crippen molar-refractivity contribution in [3.63, 3.8) is 0 Å². The van der Waals surface area contributed by atoms with E-state index in [0.717, 1.165) is 81.3 Å². The highest BCUT2D eigenvalue weighted by molar-refractivity contribution is 5.69. The van der Waals surface area contributed by atoms with E-state index in [-0.39, 0.29) is 6.04 Å². The van der Waals surface area contributed by atoms with E-state index in [9.17, 15) is 0 Å². The summed E-state index contributed by atoms with van der Waals surface area (Å²) >= 11 is 0. The first-order chi connectivity index (χ1) is 20.7. The van der Waals surface area contributed by atoms with Crippen LogP contribution in [-0.4, -0.2) is 56.9 Å². The largest absolute Gasteiger partial charge is 0.497 e. The molecule has 0 amide bonds. The SMILES string of the molecule is COc1ccc(CN2CCC3NN(Cc4ccccc4)c4nc(N5CCN(c6cccc(OC)c6)CC5)nc2c43)cc1. The van der Waals surface area contributed by atoms with Gasteiger partial charge in [-0.25, -0.2) is 5.43 Å². The average molecular weight is 564 g/mol. The summed E-state index contributed by atoms with van der Waals surface area (Å²) in [5.74, 6) is 4.60. The van der Waals surface area contributed by atoms with Crippen LogP contribution in [0, 0.1) is 0 Å². The highest BCUT2D eigenvalue weighted by Gasteiger charge is 2.39. The minimum atomic E-state index is 0.213. The Kier molecular flexibility index (Phi) is 7.17. The second kappa shape index (κ2) is 11.4. The van der Waals surface area contributed by atoms with Crippen molar-refractivity contribution in [2.75, 3.05) is 66.7 Å². The Morgan fingerprint density at radius 2 is 1.43 bits per heavy atom. The lowest BCUT2D eigenvalue weighted by Gasteiger charge is -2.37. The number of benzene rings is 3. The van der Waals surface area contributed by atoms with Crippen molar-refractivity contribution >= 4 is 23.3 Å². The van der Waals surface area contributed by atoms with Crippen molar-refractivity contribution in [3.05, 3.63) is 95.6 Å². The van der Waals surface area contributed by atoms with Gasteiger partial charge in [0.05, 0.1) is 32.4 Å². The zero-order valence-electron chi connectivity index (χ0n) is 24.2. The van der Waals surface area contributed by atoms with Crippen molar-refractivity contribution in [2.24, 2.45) is 0 Å². The lowest BCUT2D eigenvalue weighted by Crippen LogP contribution is -2.47. The number of aromatic nitrogens is 2. The van der Waals surface area contributed by atoms with E-state index >= 15 is 0 Å². The molecule has 1 N–H and O–H groups in total. The van der Waals surface area contributed by atoms with E-state index in [1.165, 1.54) is 22.4 Å². The quantitative estimate of drug-likeness (QED) is 0.326. The van der Waals surface area contributed by atoms with Crippen LogP contribution in [0.1, 0.15) is 29.2 Å². The summed E-state index contributed by atoms with van der Waals surface area (Å²) in [7, 11) is 3.42. The van der Waals surface area contributed by atoms with E-state index in [2.05, 4.69) is 85.8 Å². The Balaban J connectivity index is 1.19. The van der Waals surface area contributed by atoms with E-state index in [1.807, 2.05) is 18.2 Å². The molecule has 0 bridgehead atoms. The molecule has 1 fully saturated rings. The highest BCUT2D eigenvalue weighted by atomic mass is 16.5. The highest BCUT2D eigenvalue weighted by Crippen LogP contribution is 2.44. The zero-order chi connectivity index (χ0) is 28.5. The van der Waals surface area contributed by atoms with Crippen molar-refractivity contribution in [1.29, 1.82) is 0 Å². The third-order valence-electron chi connectivity index (χ3n) is 8.49. The molecule has 3 aromatic carbocycles. The van der Waals surface area contributed by atoms with Gasteiger partial charge >= 0.3 is 0 Å². The van der Waals surface area contributed by atoms with E-state index in [0.29, 0.717) is 0 Å². The molecule has 0 aliphatic carbocycles. The maximum absolute atomic E-state index is 5.46. The van der Waals surface area contributed by atoms with Gasteiger partial charge in [-0.1, -0.05) is 48.5 Å². The molecule has 0 spiro atoms. The summed E-state index contributed by atoms with van der Waals surface area (Å²) in [4.78, 5) is 17.7. The predicted octanol–water partition coefficient (Wildman–Crippen LogP) is 4.80. The van der Waals surface area contributed by atoms with Gasteiger partial charge in [-0.2, -0.15) is 9.97 Å². The van der Waals surface area contributed by atoms with Gasteiger partial charge in [0.15, 0.2) is 5.82 Å². The molecule has 1 unspecified atom stereocenters. The average Bonchev–Trinajstić information content (AvgIpc) is 3.40. The van der Waals surface area contributed by atoms with Gasteiger partial charge in [0.1, 0.15) is 17.3 Å². The lowest BCUT2D eigenvalue weighted by molar-refractivity contribution is 0.414. The summed E-state index contributed by atoms with van der Waals surface area (Å²) in [5.41, 5.74) is 8.65. The minimum absolute atomic E-state index is 0.213. The van der Waals surface area contributed by atoms with Crippen LogP contribution < -0.4 is 34.6 Å². The molecular weight excluding hydrogens is 526 g/mol. The number of nitrogens with one attached hydrogen (secondary N) is 1. The standard InChI is InChI=1S/C33H37N7O2/c1-41-27-13-11-25(12-14-27)22-39-16-15-29-30-31(39)34-33(35-32(30)40(36-29)23-24-7-4-3-5-8-24)38-19-17-37(18-20-38)26-9-6-10-28(21-26)42-2/h3-14,21,29,36H,15-20,22-23H2,1-2H3. The fourth-order valence-electron chi connectivity index (χ4n) is 6.21. The lowest BCUT2D eigenvalue weighted by atomic mass is 10.0. The molecule has 1 saturated heterocycles. The van der Waals surface area contributed by atoms with Gasteiger partial charge < -0.3 is 24.2 Å². The number of hydrazine groups is 1. The van der Waals surface area contributed by atoms with E-state index in [1.54, 1.807) is 14.2 Å². The number of nitrogens with zero attached hydrogens (tertiary/aromatic N) is 6. The van der Waals surface area contributed by atoms with Crippen molar-refractivity contribution in [1.82, 2.24) is 15.4 Å². The summed E-state index contributed by atoms with van der Waals surface area (Å²) in [6, 6.07) is 27.5. The molecule has 1 aromatic heterocycles. The van der Waals surface area contributed by atoms with Gasteiger partial charge in [-0.05, 0) is 41.8 Å². The molecule has 7 rings (SSSR count). The number of anilines is 4. The smallest absolute Gasteiger partial charge is 0.229 e. The van der Waals surface area contributed by atoms with Gasteiger partial charge in [0.2, 0.25) is 5.95 Å². The molecule has 4 aromatic rings. The van der Waals surface area contributed by atoms with Crippen molar-refractivity contribution in [2.45, 2.75) is 25.6 Å². The molecule has 9 heteroatoms. The second-order valence-corrected chi connectivity index (χ2v) is 11.1. The topological polar surface area (TPSA) is 69.2 Å². The van der Waals surface area contributed by atoms with Gasteiger partial charge in [-0.3, -0.25) is 5.01 Å². The predicted molar refractivity (Wildman–Crippen MR) is 167 cm³/mol. The van der Waals surface area contributed by atoms with Gasteiger partial charge in [0.25, 0.3) is 0 Å². The van der Waals surface area contributed by atoms with Gasteiger partial charge in [-0.15, -0.1) is 0 Å². The number of piperazine rings is 1. The molecule has 0 saturated carbocycles. The van der Waals surface area contributed by atoms with Crippen LogP contribution in [-0.2, 0) is 13.1 Å². The Morgan fingerprint density at radius 3 is 2.19 bits per heavy atom. The summed E-state index contributed by atoms with van der Waals surface area (Å²) < 4.78 is 10.8. The monoisotopic (exact) mass is 563 g/mol. The first-order valence-electron chi connectivity index (χ1n) is 14.7. The number of methoxy groups -OCH3 is 2. The first kappa shape index (κ1) is 26.4. The third-order valence-corrected chi connectivity index (χ3v) is 8.49. The van der Waals surface area contributed by atoms with Gasteiger partial charge in [0, 0.05) is 51.0 Å². The molecule has 3 aliphatic heterocycles. The van der Waals surface area contributed by atoms with Crippen LogP contribution in [0.4, 0.5) is 23.3 Å². The molecule has 216 valence electrons. The number of ether oxygens (including phenoxy) is 2. The zero-order valence-corrected chi connectivity index (χ0v) is 24.2. The Hall–Kier alpha value is -4.50. The van der Waals surface area contributed by atoms with Crippen molar-refractivity contribution in [3.8, 4) is 11.5 Å². The maximum atomic E-state index is 5.46. The summed E-state index contributed by atoms with van der Waals surface area (Å²) in [6.45, 7) is 5.97. The number of rotatable bonds is 8. The minimum Gasteiger partial charge on any atom is -0.497 e. The summed E-state index contributed by atoms with van der Waals surface area (Å²) in [5, 5.41) is 2.23. The molecular formula is C33H37N7O2. The maximum Gasteiger partial charge on any atom is 0.229 e. The number of hydrogen-bond donors (Lipinski definition) is 1. The van der Waals surface area contributed by atoms with Crippen LogP contribution in [0.25, 0.3) is 0 Å². The van der Waals surface area contributed by atoms with Crippen LogP contribution in [0.3, 0.4) is 0 Å². The van der Waals surface area contributed by atoms with Crippen LogP contribution in [0.2, 0.25) is 0 Å². The van der Waals surface area contributed by atoms with E-state index < -0.39 is 0 Å². The fraction of sp³-hybridized carbons (Fsp3) is 0.333. The fourth-order valence-corrected chi connectivity index (χ4v) is 6.21. The van der Waals surface area contributed by atoms with Crippen LogP contribution in [0.5, 0.6) is 11.5 Å². The first-order valence-corrected chi connectivity index (χ1v) is 14.7. The summed E-state index contributed by atoms with van der Waals surface area (Å²) in [6.07, 6.45) is 1.00. The van der Waals surface area contributed by atoms with Crippen LogP contribution in [0.15, 0.2) is 78.9 Å². The molecule has 9 nitrogen and oxygen atoms in total. The Morgan fingerprint density at radius 1 is 0.714 bits per heavy atom. The Bertz CT molecular complexity index is 1520. The number of hydrogen-bond acceptors (Lipinski definition) is 9. The normalized spacial score (nSPS) is 17.8. The molecule has 42 heavy (non-hydrogen) atoms. The Labute approximate surface area is 247 Å². The van der Waals surface area contributed by atoms with Crippen molar-refractivity contribution < 1.29 is 9.47 Å². The molecule has 0 radical (unpaired) electrons.